The van der Waals surface area contributed by atoms with Gasteiger partial charge in [-0.2, -0.15) is 0 Å². The summed E-state index contributed by atoms with van der Waals surface area (Å²) in [7, 11) is 0. The zero-order chi connectivity index (χ0) is 11.8. The summed E-state index contributed by atoms with van der Waals surface area (Å²) >= 11 is 3.52. The summed E-state index contributed by atoms with van der Waals surface area (Å²) in [5.41, 5.74) is 1.98. The van der Waals surface area contributed by atoms with E-state index in [1.54, 1.807) is 0 Å². The fourth-order valence-electron chi connectivity index (χ4n) is 2.45. The molecule has 1 aliphatic carbocycles. The van der Waals surface area contributed by atoms with Gasteiger partial charge in [-0.25, -0.2) is 0 Å². The van der Waals surface area contributed by atoms with Gasteiger partial charge in [0.1, 0.15) is 6.04 Å². The summed E-state index contributed by atoms with van der Waals surface area (Å²) in [6.45, 7) is 0.943. The second-order valence-electron chi connectivity index (χ2n) is 4.83. The molecule has 2 N–H and O–H groups in total. The maximum atomic E-state index is 11.9. The highest BCUT2D eigenvalue weighted by molar-refractivity contribution is 9.10. The molecule has 2 aliphatic rings. The third-order valence-electron chi connectivity index (χ3n) is 3.70. The molecule has 17 heavy (non-hydrogen) atoms. The molecule has 1 saturated carbocycles. The highest BCUT2D eigenvalue weighted by atomic mass is 79.9. The Labute approximate surface area is 109 Å². The summed E-state index contributed by atoms with van der Waals surface area (Å²) in [6, 6.07) is 5.68. The number of carbonyl (C=O) groups excluding carboxylic acids is 1. The van der Waals surface area contributed by atoms with Crippen LogP contribution >= 0.6 is 15.9 Å². The predicted molar refractivity (Wildman–Crippen MR) is 70.9 cm³/mol. The lowest BCUT2D eigenvalue weighted by Gasteiger charge is -2.27. The minimum Gasteiger partial charge on any atom is -0.324 e. The van der Waals surface area contributed by atoms with E-state index in [1.807, 2.05) is 18.2 Å². The Morgan fingerprint density at radius 3 is 2.94 bits per heavy atom. The molecule has 1 aliphatic heterocycles. The molecule has 0 bridgehead atoms. The van der Waals surface area contributed by atoms with Crippen LogP contribution in [0, 0.1) is 5.92 Å². The molecule has 0 aromatic heterocycles. The number of hydrogen-bond donors (Lipinski definition) is 2. The molecule has 1 aromatic rings. The summed E-state index contributed by atoms with van der Waals surface area (Å²) < 4.78 is 0.999. The number of benzene rings is 1. The van der Waals surface area contributed by atoms with Gasteiger partial charge in [0.25, 0.3) is 0 Å². The highest BCUT2D eigenvalue weighted by Crippen LogP contribution is 2.37. The molecule has 1 unspecified atom stereocenters. The Balaban J connectivity index is 1.78. The van der Waals surface area contributed by atoms with Crippen LogP contribution < -0.4 is 10.6 Å². The van der Waals surface area contributed by atoms with E-state index in [2.05, 4.69) is 26.6 Å². The monoisotopic (exact) mass is 294 g/mol. The van der Waals surface area contributed by atoms with Gasteiger partial charge < -0.3 is 10.6 Å². The van der Waals surface area contributed by atoms with Crippen molar-refractivity contribution < 1.29 is 4.79 Å². The van der Waals surface area contributed by atoms with Crippen molar-refractivity contribution in [3.8, 4) is 0 Å². The van der Waals surface area contributed by atoms with Crippen LogP contribution in [0.15, 0.2) is 22.7 Å². The highest BCUT2D eigenvalue weighted by Gasteiger charge is 2.32. The summed E-state index contributed by atoms with van der Waals surface area (Å²) in [6.07, 6.45) is 3.93. The minimum atomic E-state index is -0.193. The van der Waals surface area contributed by atoms with E-state index < -0.39 is 0 Å². The van der Waals surface area contributed by atoms with E-state index in [1.165, 1.54) is 19.3 Å². The third-order valence-corrected chi connectivity index (χ3v) is 4.39. The molecule has 1 atom stereocenters. The Morgan fingerprint density at radius 2 is 2.24 bits per heavy atom. The van der Waals surface area contributed by atoms with Gasteiger partial charge in [0.15, 0.2) is 0 Å². The largest absolute Gasteiger partial charge is 0.324 e. The molecule has 0 saturated heterocycles. The van der Waals surface area contributed by atoms with Crippen LogP contribution in [0.25, 0.3) is 0 Å². The third kappa shape index (κ3) is 2.00. The van der Waals surface area contributed by atoms with Crippen molar-refractivity contribution >= 4 is 27.5 Å². The van der Waals surface area contributed by atoms with E-state index in [9.17, 15) is 4.79 Å². The lowest BCUT2D eigenvalue weighted by atomic mass is 9.85. The van der Waals surface area contributed by atoms with E-state index in [4.69, 9.17) is 0 Å². The van der Waals surface area contributed by atoms with Crippen LogP contribution in [-0.2, 0) is 4.79 Å². The van der Waals surface area contributed by atoms with Gasteiger partial charge in [0.2, 0.25) is 5.91 Å². The van der Waals surface area contributed by atoms with Gasteiger partial charge in [0, 0.05) is 15.7 Å². The first-order valence-corrected chi connectivity index (χ1v) is 6.87. The number of nitrogens with one attached hydrogen (secondary N) is 2. The first-order chi connectivity index (χ1) is 8.25. The smallest absolute Gasteiger partial charge is 0.246 e. The Morgan fingerprint density at radius 1 is 1.41 bits per heavy atom. The fraction of sp³-hybridized carbons (Fsp3) is 0.462. The average molecular weight is 295 g/mol. The molecule has 1 aromatic carbocycles. The molecular weight excluding hydrogens is 280 g/mol. The SMILES string of the molecule is O=C1Nc2cccc(Br)c2C1NCC1CCC1. The van der Waals surface area contributed by atoms with E-state index >= 15 is 0 Å². The number of rotatable bonds is 3. The van der Waals surface area contributed by atoms with Crippen molar-refractivity contribution in [2.45, 2.75) is 25.3 Å². The predicted octanol–water partition coefficient (Wildman–Crippen LogP) is 2.83. The molecule has 0 radical (unpaired) electrons. The number of fused-ring (bicyclic) bond motifs is 1. The van der Waals surface area contributed by atoms with Crippen LogP contribution in [0.4, 0.5) is 5.69 Å². The Bertz CT molecular complexity index is 457. The lowest BCUT2D eigenvalue weighted by molar-refractivity contribution is -0.117. The quantitative estimate of drug-likeness (QED) is 0.900. The molecular formula is C13H15BrN2O. The minimum absolute atomic E-state index is 0.0613. The average Bonchev–Trinajstić information content (AvgIpc) is 2.54. The van der Waals surface area contributed by atoms with Crippen LogP contribution in [0.5, 0.6) is 0 Å². The van der Waals surface area contributed by atoms with E-state index in [-0.39, 0.29) is 11.9 Å². The van der Waals surface area contributed by atoms with Crippen molar-refractivity contribution in [1.82, 2.24) is 5.32 Å². The van der Waals surface area contributed by atoms with Crippen molar-refractivity contribution in [2.24, 2.45) is 5.92 Å². The standard InChI is InChI=1S/C13H15BrN2O/c14-9-5-2-6-10-11(9)12(13(17)16-10)15-7-8-3-1-4-8/h2,5-6,8,12,15H,1,3-4,7H2,(H,16,17). The van der Waals surface area contributed by atoms with Crippen LogP contribution in [0.3, 0.4) is 0 Å². The van der Waals surface area contributed by atoms with Crippen LogP contribution in [0.1, 0.15) is 30.9 Å². The first-order valence-electron chi connectivity index (χ1n) is 6.08. The normalized spacial score (nSPS) is 23.1. The van der Waals surface area contributed by atoms with E-state index in [0.717, 1.165) is 28.2 Å². The molecule has 1 amide bonds. The Kier molecular flexibility index (Phi) is 2.92. The molecule has 0 spiro atoms. The summed E-state index contributed by atoms with van der Waals surface area (Å²) in [4.78, 5) is 11.9. The van der Waals surface area contributed by atoms with Gasteiger partial charge in [-0.15, -0.1) is 0 Å². The number of halogens is 1. The second-order valence-corrected chi connectivity index (χ2v) is 5.68. The Hall–Kier alpha value is -0.870. The second kappa shape index (κ2) is 4.42. The van der Waals surface area contributed by atoms with Crippen LogP contribution in [0.2, 0.25) is 0 Å². The van der Waals surface area contributed by atoms with Gasteiger partial charge in [0.05, 0.1) is 0 Å². The van der Waals surface area contributed by atoms with Crippen molar-refractivity contribution in [1.29, 1.82) is 0 Å². The van der Waals surface area contributed by atoms with Crippen LogP contribution in [-0.4, -0.2) is 12.5 Å². The lowest BCUT2D eigenvalue weighted by Crippen LogP contribution is -2.34. The molecule has 90 valence electrons. The van der Waals surface area contributed by atoms with Crippen molar-refractivity contribution in [3.05, 3.63) is 28.2 Å². The van der Waals surface area contributed by atoms with Crippen molar-refractivity contribution in [3.63, 3.8) is 0 Å². The topological polar surface area (TPSA) is 41.1 Å². The van der Waals surface area contributed by atoms with Gasteiger partial charge >= 0.3 is 0 Å². The first kappa shape index (κ1) is 11.2. The zero-order valence-electron chi connectivity index (χ0n) is 9.50. The summed E-state index contributed by atoms with van der Waals surface area (Å²) in [5.74, 6) is 0.820. The number of carbonyl (C=O) groups is 1. The summed E-state index contributed by atoms with van der Waals surface area (Å²) in [5, 5.41) is 6.30. The number of hydrogen-bond acceptors (Lipinski definition) is 2. The van der Waals surface area contributed by atoms with Gasteiger partial charge in [-0.05, 0) is 37.4 Å². The maximum Gasteiger partial charge on any atom is 0.246 e. The number of anilines is 1. The van der Waals surface area contributed by atoms with Gasteiger partial charge in [-0.1, -0.05) is 28.4 Å². The molecule has 1 heterocycles. The number of amides is 1. The van der Waals surface area contributed by atoms with Crippen molar-refractivity contribution in [2.75, 3.05) is 11.9 Å². The maximum absolute atomic E-state index is 11.9. The molecule has 3 rings (SSSR count). The molecule has 3 nitrogen and oxygen atoms in total. The molecule has 4 heteroatoms. The van der Waals surface area contributed by atoms with E-state index in [0.29, 0.717) is 0 Å². The molecule has 1 fully saturated rings. The van der Waals surface area contributed by atoms with Gasteiger partial charge in [-0.3, -0.25) is 4.79 Å². The fourth-order valence-corrected chi connectivity index (χ4v) is 3.05. The zero-order valence-corrected chi connectivity index (χ0v) is 11.1.